The highest BCUT2D eigenvalue weighted by molar-refractivity contribution is 6.20. The Bertz CT molecular complexity index is 590. The Kier molecular flexibility index (Phi) is 3.99. The lowest BCUT2D eigenvalue weighted by atomic mass is 10.0. The first-order chi connectivity index (χ1) is 9.66. The van der Waals surface area contributed by atoms with Crippen molar-refractivity contribution < 1.29 is 0 Å². The molecule has 0 bridgehead atoms. The van der Waals surface area contributed by atoms with Crippen molar-refractivity contribution in [3.05, 3.63) is 30.1 Å². The predicted molar refractivity (Wildman–Crippen MR) is 84.3 cm³/mol. The lowest BCUT2D eigenvalue weighted by Crippen LogP contribution is -2.39. The molecule has 20 heavy (non-hydrogen) atoms. The van der Waals surface area contributed by atoms with Crippen molar-refractivity contribution in [2.75, 3.05) is 13.6 Å². The highest BCUT2D eigenvalue weighted by Gasteiger charge is 2.22. The van der Waals surface area contributed by atoms with Gasteiger partial charge in [-0.25, -0.2) is 4.98 Å². The summed E-state index contributed by atoms with van der Waals surface area (Å²) < 4.78 is 2.32. The van der Waals surface area contributed by atoms with Crippen LogP contribution in [-0.2, 0) is 6.54 Å². The maximum atomic E-state index is 6.34. The van der Waals surface area contributed by atoms with E-state index in [-0.39, 0.29) is 5.38 Å². The minimum atomic E-state index is -0.0590. The Morgan fingerprint density at radius 2 is 2.15 bits per heavy atom. The van der Waals surface area contributed by atoms with Crippen LogP contribution >= 0.6 is 11.6 Å². The highest BCUT2D eigenvalue weighted by Crippen LogP contribution is 2.26. The number of rotatable bonds is 3. The highest BCUT2D eigenvalue weighted by atomic mass is 35.5. The summed E-state index contributed by atoms with van der Waals surface area (Å²) in [7, 11) is 2.23. The quantitative estimate of drug-likeness (QED) is 0.802. The summed E-state index contributed by atoms with van der Waals surface area (Å²) in [6.07, 6.45) is 3.91. The molecule has 108 valence electrons. The van der Waals surface area contributed by atoms with E-state index in [1.807, 2.05) is 13.0 Å². The molecule has 1 fully saturated rings. The molecule has 1 aromatic heterocycles. The first kappa shape index (κ1) is 13.9. The maximum Gasteiger partial charge on any atom is 0.127 e. The van der Waals surface area contributed by atoms with E-state index in [2.05, 4.69) is 34.7 Å². The second kappa shape index (κ2) is 5.74. The van der Waals surface area contributed by atoms with Crippen molar-refractivity contribution in [3.8, 4) is 0 Å². The zero-order valence-electron chi connectivity index (χ0n) is 12.2. The molecule has 3 nitrogen and oxygen atoms in total. The molecule has 1 aromatic carbocycles. The fourth-order valence-electron chi connectivity index (χ4n) is 3.18. The Hall–Kier alpha value is -1.06. The number of piperidine rings is 1. The fraction of sp³-hybridized carbons (Fsp3) is 0.562. The lowest BCUT2D eigenvalue weighted by molar-refractivity contribution is 0.167. The Morgan fingerprint density at radius 3 is 2.90 bits per heavy atom. The third-order valence-electron chi connectivity index (χ3n) is 4.35. The van der Waals surface area contributed by atoms with Crippen molar-refractivity contribution >= 4 is 22.6 Å². The minimum absolute atomic E-state index is 0.0590. The number of likely N-dealkylation sites (N-methyl/N-ethyl adjacent to an activating group) is 1. The monoisotopic (exact) mass is 291 g/mol. The SMILES string of the molecule is CC(Cl)c1nc2ccccc2n1CC1CCCCN1C. The predicted octanol–water partition coefficient (Wildman–Crippen LogP) is 3.82. The lowest BCUT2D eigenvalue weighted by Gasteiger charge is -2.33. The van der Waals surface area contributed by atoms with Gasteiger partial charge in [0.05, 0.1) is 16.4 Å². The van der Waals surface area contributed by atoms with E-state index >= 15 is 0 Å². The van der Waals surface area contributed by atoms with Gasteiger partial charge >= 0.3 is 0 Å². The standard InChI is InChI=1S/C16H22ClN3/c1-12(17)16-18-14-8-3-4-9-15(14)20(16)11-13-7-5-6-10-19(13)2/h3-4,8-9,12-13H,5-7,10-11H2,1-2H3. The number of aromatic nitrogens is 2. The van der Waals surface area contributed by atoms with Gasteiger partial charge in [-0.1, -0.05) is 18.6 Å². The van der Waals surface area contributed by atoms with Crippen LogP contribution in [-0.4, -0.2) is 34.1 Å². The van der Waals surface area contributed by atoms with Gasteiger partial charge < -0.3 is 9.47 Å². The fourth-order valence-corrected chi connectivity index (χ4v) is 3.34. The molecule has 1 aliphatic rings. The number of benzene rings is 1. The number of nitrogens with zero attached hydrogens (tertiary/aromatic N) is 3. The summed E-state index contributed by atoms with van der Waals surface area (Å²) in [5.41, 5.74) is 2.25. The number of halogens is 1. The molecule has 0 N–H and O–H groups in total. The van der Waals surface area contributed by atoms with Crippen molar-refractivity contribution in [2.24, 2.45) is 0 Å². The van der Waals surface area contributed by atoms with Crippen molar-refractivity contribution in [2.45, 2.75) is 44.1 Å². The zero-order chi connectivity index (χ0) is 14.1. The molecule has 0 amide bonds. The van der Waals surface area contributed by atoms with Gasteiger partial charge in [-0.15, -0.1) is 11.6 Å². The van der Waals surface area contributed by atoms with E-state index in [4.69, 9.17) is 16.6 Å². The van der Waals surface area contributed by atoms with Crippen molar-refractivity contribution in [1.82, 2.24) is 14.5 Å². The van der Waals surface area contributed by atoms with Crippen LogP contribution in [0, 0.1) is 0 Å². The number of hydrogen-bond acceptors (Lipinski definition) is 2. The maximum absolute atomic E-state index is 6.34. The van der Waals surface area contributed by atoms with Gasteiger partial charge in [0.1, 0.15) is 5.82 Å². The average molecular weight is 292 g/mol. The summed E-state index contributed by atoms with van der Waals surface area (Å²) >= 11 is 6.34. The van der Waals surface area contributed by atoms with E-state index in [1.165, 1.54) is 31.3 Å². The number of para-hydroxylation sites is 2. The van der Waals surface area contributed by atoms with Crippen LogP contribution in [0.2, 0.25) is 0 Å². The van der Waals surface area contributed by atoms with Gasteiger partial charge in [-0.05, 0) is 45.5 Å². The molecule has 0 aliphatic carbocycles. The number of hydrogen-bond donors (Lipinski definition) is 0. The van der Waals surface area contributed by atoms with Gasteiger partial charge in [0.2, 0.25) is 0 Å². The van der Waals surface area contributed by atoms with E-state index in [0.29, 0.717) is 6.04 Å². The molecule has 2 unspecified atom stereocenters. The molecular formula is C16H22ClN3. The van der Waals surface area contributed by atoms with Gasteiger partial charge in [-0.2, -0.15) is 0 Å². The first-order valence-corrected chi connectivity index (χ1v) is 7.90. The van der Waals surface area contributed by atoms with E-state index in [9.17, 15) is 0 Å². The summed E-state index contributed by atoms with van der Waals surface area (Å²) in [5.74, 6) is 0.992. The third-order valence-corrected chi connectivity index (χ3v) is 4.55. The van der Waals surface area contributed by atoms with Crippen LogP contribution in [0.3, 0.4) is 0 Å². The molecule has 1 saturated heterocycles. The number of imidazole rings is 1. The van der Waals surface area contributed by atoms with Crippen LogP contribution in [0.15, 0.2) is 24.3 Å². The van der Waals surface area contributed by atoms with Crippen molar-refractivity contribution in [3.63, 3.8) is 0 Å². The molecule has 2 heterocycles. The molecule has 0 saturated carbocycles. The Labute approximate surface area is 125 Å². The van der Waals surface area contributed by atoms with Gasteiger partial charge in [0.25, 0.3) is 0 Å². The van der Waals surface area contributed by atoms with Gasteiger partial charge in [0, 0.05) is 12.6 Å². The Morgan fingerprint density at radius 1 is 1.35 bits per heavy atom. The smallest absolute Gasteiger partial charge is 0.127 e. The normalized spacial score (nSPS) is 22.2. The first-order valence-electron chi connectivity index (χ1n) is 7.46. The summed E-state index contributed by atoms with van der Waals surface area (Å²) in [5, 5.41) is -0.0590. The molecular weight excluding hydrogens is 270 g/mol. The molecule has 2 aromatic rings. The number of alkyl halides is 1. The van der Waals surface area contributed by atoms with Crippen LogP contribution in [0.1, 0.15) is 37.4 Å². The summed E-state index contributed by atoms with van der Waals surface area (Å²) in [6.45, 7) is 4.19. The average Bonchev–Trinajstić information content (AvgIpc) is 2.81. The molecule has 3 rings (SSSR count). The van der Waals surface area contributed by atoms with Gasteiger partial charge in [-0.3, -0.25) is 0 Å². The zero-order valence-corrected chi connectivity index (χ0v) is 13.0. The minimum Gasteiger partial charge on any atom is -0.325 e. The van der Waals surface area contributed by atoms with Crippen LogP contribution in [0.4, 0.5) is 0 Å². The van der Waals surface area contributed by atoms with Crippen LogP contribution < -0.4 is 0 Å². The second-order valence-corrected chi connectivity index (χ2v) is 6.47. The number of fused-ring (bicyclic) bond motifs is 1. The van der Waals surface area contributed by atoms with E-state index in [0.717, 1.165) is 17.9 Å². The largest absolute Gasteiger partial charge is 0.325 e. The molecule has 1 aliphatic heterocycles. The molecule has 0 radical (unpaired) electrons. The van der Waals surface area contributed by atoms with Gasteiger partial charge in [0.15, 0.2) is 0 Å². The van der Waals surface area contributed by atoms with Crippen LogP contribution in [0.25, 0.3) is 11.0 Å². The third kappa shape index (κ3) is 2.57. The molecule has 4 heteroatoms. The van der Waals surface area contributed by atoms with Crippen molar-refractivity contribution in [1.29, 1.82) is 0 Å². The molecule has 2 atom stereocenters. The van der Waals surface area contributed by atoms with Crippen LogP contribution in [0.5, 0.6) is 0 Å². The van der Waals surface area contributed by atoms with E-state index < -0.39 is 0 Å². The Balaban J connectivity index is 1.98. The topological polar surface area (TPSA) is 21.1 Å². The summed E-state index contributed by atoms with van der Waals surface area (Å²) in [4.78, 5) is 7.19. The van der Waals surface area contributed by atoms with E-state index in [1.54, 1.807) is 0 Å². The molecule has 0 spiro atoms. The number of likely N-dealkylation sites (tertiary alicyclic amines) is 1. The second-order valence-electron chi connectivity index (χ2n) is 5.82. The summed E-state index contributed by atoms with van der Waals surface area (Å²) in [6, 6.07) is 8.92.